The van der Waals surface area contributed by atoms with Crippen molar-refractivity contribution in [1.82, 2.24) is 83.3 Å². The molecule has 0 unspecified atom stereocenters. The number of amides is 4. The van der Waals surface area contributed by atoms with Crippen molar-refractivity contribution in [2.45, 2.75) is 148 Å². The third-order valence-electron chi connectivity index (χ3n) is 25.0. The molecule has 0 aliphatic carbocycles. The number of nitrogens with zero attached hydrogens (tertiary/aromatic N) is 21. The first-order valence-electron chi connectivity index (χ1n) is 44.4. The topological polar surface area (TPSA) is 376 Å². The maximum absolute atomic E-state index is 13.5. The molecule has 13 heterocycles. The number of piperazine rings is 3. The Morgan fingerprint density at radius 3 is 1.04 bits per heavy atom. The van der Waals surface area contributed by atoms with Crippen molar-refractivity contribution in [3.8, 4) is 0 Å². The third-order valence-corrected chi connectivity index (χ3v) is 28.6. The van der Waals surface area contributed by atoms with Crippen LogP contribution >= 0.6 is 46.4 Å². The fourth-order valence-corrected chi connectivity index (χ4v) is 20.5. The first-order chi connectivity index (χ1) is 62.5. The highest BCUT2D eigenvalue weighted by atomic mass is 35.5. The van der Waals surface area contributed by atoms with Gasteiger partial charge in [0.1, 0.15) is 6.17 Å². The number of sulfonamides is 4. The summed E-state index contributed by atoms with van der Waals surface area (Å²) in [6.45, 7) is 25.7. The standard InChI is InChI=1S/C23H33ClN6O3S.C21H29ClFN7O3S.2C21H29ClN6O3S/c1-23(27(2)17-18-6-7-19(24)20(16-18)28-11-4-5-12-28)9-14-29(15-10-23)22(31)30-13-8-21(25-30)26-34(3,32)33;1-15-13-29(21(31)30-8-5-20(25-30)26-34(2,32)33)10-9-28(15)14-17-11-19(18(22)12-24-17)27-6-3-16(23)4-7-27;2*1-16-14-27(21(29)28-10-7-20(23-28)24-32(2,30)31)12-11-26(16)15-17-5-6-18(22)19(13-17)25-8-3-4-9-25/h6-8,13,16H,4-5,9-12,14-15,17H2,1-3H3,(H,25,26);5,8,11-12,15-16H,3-4,6-7,9-10,13-14H2,1-2H3,(H,25,26);2*5-7,10,13,16H,3-4,8-9,11-12,14-15H2,1-2H3,(H,23,24)/t;15-;2*16-/m.010/s1. The van der Waals surface area contributed by atoms with Crippen LogP contribution in [0.4, 0.5) is 69.6 Å². The van der Waals surface area contributed by atoms with E-state index in [4.69, 9.17) is 46.4 Å². The Kier molecular flexibility index (Phi) is 33.0. The van der Waals surface area contributed by atoms with Gasteiger partial charge in [-0.05, 0) is 158 Å². The Balaban J connectivity index is 0.000000150. The molecule has 8 aliphatic heterocycles. The van der Waals surface area contributed by atoms with E-state index in [0.29, 0.717) is 96.4 Å². The number of carbonyl (C=O) groups excluding carboxylic acids is 4. The van der Waals surface area contributed by atoms with Gasteiger partial charge < -0.3 is 39.2 Å². The van der Waals surface area contributed by atoms with Crippen LogP contribution in [0.25, 0.3) is 0 Å². The van der Waals surface area contributed by atoms with Gasteiger partial charge >= 0.3 is 24.1 Å². The monoisotopic (exact) mass is 1980 g/mol. The number of benzene rings is 3. The number of hydrogen-bond acceptors (Lipinski definition) is 25. The lowest BCUT2D eigenvalue weighted by Crippen LogP contribution is -2.54. The molecule has 3 atom stereocenters. The maximum atomic E-state index is 13.5. The number of aromatic nitrogens is 9. The highest BCUT2D eigenvalue weighted by Crippen LogP contribution is 2.37. The van der Waals surface area contributed by atoms with Gasteiger partial charge in [0.05, 0.1) is 73.6 Å². The number of anilines is 8. The molecule has 8 aliphatic rings. The Hall–Kier alpha value is -9.34. The molecular weight excluding hydrogens is 1860 g/mol. The summed E-state index contributed by atoms with van der Waals surface area (Å²) >= 11 is 25.8. The minimum Gasteiger partial charge on any atom is -0.370 e. The van der Waals surface area contributed by atoms with Gasteiger partial charge in [-0.25, -0.2) is 57.2 Å². The van der Waals surface area contributed by atoms with Gasteiger partial charge in [0.25, 0.3) is 0 Å². The fourth-order valence-electron chi connectivity index (χ4n) is 17.7. The van der Waals surface area contributed by atoms with Crippen molar-refractivity contribution in [3.63, 3.8) is 0 Å². The number of nitrogens with one attached hydrogen (secondary N) is 4. The van der Waals surface area contributed by atoms with Crippen molar-refractivity contribution >= 4 is 157 Å². The van der Waals surface area contributed by atoms with Crippen LogP contribution in [0, 0.1) is 0 Å². The number of alkyl halides is 1. The zero-order valence-electron chi connectivity index (χ0n) is 75.9. The highest BCUT2D eigenvalue weighted by molar-refractivity contribution is 7.92. The van der Waals surface area contributed by atoms with E-state index < -0.39 is 46.3 Å². The molecule has 0 radical (unpaired) electrons. The SMILES string of the molecule is CN(Cc1ccc(Cl)c(N2CCCC2)c1)C1(C)CCN(C(=O)n2ccc(NS(C)(=O)=O)n2)CC1.C[C@@H]1CN(C(=O)n2ccc(NS(C)(=O)=O)n2)CCN1Cc1ccc(Cl)c(N2CCCC2)c1.C[C@H]1CN(C(=O)n2ccc(NS(C)(=O)=O)n2)CCN1Cc1cc(N2CCC(F)CC2)c(Cl)cn1.C[C@H]1CN(C(=O)n2ccc(NS(C)(=O)=O)n2)CCN1Cc1ccc(Cl)c(N2CCCC2)c1. The van der Waals surface area contributed by atoms with Gasteiger partial charge in [-0.15, -0.1) is 20.4 Å². The molecule has 37 nitrogen and oxygen atoms in total. The number of piperidine rings is 2. The number of halogens is 5. The summed E-state index contributed by atoms with van der Waals surface area (Å²) in [6.07, 6.45) is 20.8. The van der Waals surface area contributed by atoms with Crippen LogP contribution < -0.4 is 38.5 Å². The Bertz CT molecular complexity index is 5670. The van der Waals surface area contributed by atoms with E-state index in [9.17, 15) is 57.2 Å². The first-order valence-corrected chi connectivity index (χ1v) is 53.5. The second-order valence-electron chi connectivity index (χ2n) is 35.6. The van der Waals surface area contributed by atoms with Crippen molar-refractivity contribution in [2.75, 3.05) is 195 Å². The van der Waals surface area contributed by atoms with Gasteiger partial charge in [-0.3, -0.25) is 43.5 Å². The molecule has 132 heavy (non-hydrogen) atoms. The van der Waals surface area contributed by atoms with E-state index in [0.717, 1.165) is 158 Å². The zero-order chi connectivity index (χ0) is 94.7. The smallest absolute Gasteiger partial charge is 0.344 e. The third kappa shape index (κ3) is 27.5. The van der Waals surface area contributed by atoms with E-state index in [1.807, 2.05) is 31.2 Å². The molecule has 46 heteroatoms. The van der Waals surface area contributed by atoms with Gasteiger partial charge in [0.2, 0.25) is 40.1 Å². The molecule has 16 rings (SSSR count). The summed E-state index contributed by atoms with van der Waals surface area (Å²) < 4.78 is 118. The molecule has 0 bridgehead atoms. The summed E-state index contributed by atoms with van der Waals surface area (Å²) in [5.74, 6) is 0.491. The summed E-state index contributed by atoms with van der Waals surface area (Å²) in [7, 11) is -11.7. The van der Waals surface area contributed by atoms with Gasteiger partial charge in [0, 0.05) is 229 Å². The zero-order valence-corrected chi connectivity index (χ0v) is 82.2. The molecule has 4 N–H and O–H groups in total. The average molecular weight is 1990 g/mol. The van der Waals surface area contributed by atoms with Crippen LogP contribution in [0.15, 0.2) is 116 Å². The van der Waals surface area contributed by atoms with E-state index in [-0.39, 0.29) is 71.1 Å². The molecule has 5 aromatic heterocycles. The minimum absolute atomic E-state index is 0.0443. The van der Waals surface area contributed by atoms with Gasteiger partial charge in [0.15, 0.2) is 23.3 Å². The second-order valence-corrected chi connectivity index (χ2v) is 44.2. The van der Waals surface area contributed by atoms with Crippen LogP contribution in [0.5, 0.6) is 0 Å². The van der Waals surface area contributed by atoms with E-state index >= 15 is 0 Å². The quantitative estimate of drug-likeness (QED) is 0.0519. The summed E-state index contributed by atoms with van der Waals surface area (Å²) in [5, 5.41) is 19.1. The molecule has 3 aromatic carbocycles. The van der Waals surface area contributed by atoms with Crippen molar-refractivity contribution in [1.29, 1.82) is 0 Å². The fraction of sp³-hybridized carbons (Fsp3) is 0.547. The molecule has 0 saturated carbocycles. The van der Waals surface area contributed by atoms with Gasteiger partial charge in [-0.1, -0.05) is 64.6 Å². The number of pyridine rings is 1. The van der Waals surface area contributed by atoms with Crippen molar-refractivity contribution < 1.29 is 57.2 Å². The van der Waals surface area contributed by atoms with Crippen LogP contribution in [0.3, 0.4) is 0 Å². The van der Waals surface area contributed by atoms with Crippen LogP contribution in [-0.2, 0) is 66.3 Å². The number of rotatable bonds is 21. The predicted octanol–water partition coefficient (Wildman–Crippen LogP) is 11.2. The maximum Gasteiger partial charge on any atom is 0.344 e. The molecule has 8 saturated heterocycles. The normalized spacial score (nSPS) is 19.8. The van der Waals surface area contributed by atoms with Crippen molar-refractivity contribution in [2.24, 2.45) is 0 Å². The Morgan fingerprint density at radius 2 is 0.705 bits per heavy atom. The molecule has 8 fully saturated rings. The van der Waals surface area contributed by atoms with Crippen LogP contribution in [-0.4, -0.2) is 327 Å². The molecule has 8 aromatic rings. The Morgan fingerprint density at radius 1 is 0.402 bits per heavy atom. The van der Waals surface area contributed by atoms with E-state index in [1.54, 1.807) is 25.8 Å². The van der Waals surface area contributed by atoms with Gasteiger partial charge in [-0.2, -0.15) is 18.7 Å². The Labute approximate surface area is 792 Å². The second kappa shape index (κ2) is 43.6. The first kappa shape index (κ1) is 100. The number of carbonyl (C=O) groups is 4. The van der Waals surface area contributed by atoms with E-state index in [2.05, 4.69) is 148 Å². The number of hydrogen-bond donors (Lipinski definition) is 4. The lowest BCUT2D eigenvalue weighted by molar-refractivity contribution is 0.0585. The van der Waals surface area contributed by atoms with Crippen molar-refractivity contribution in [3.05, 3.63) is 158 Å². The van der Waals surface area contributed by atoms with Crippen LogP contribution in [0.2, 0.25) is 20.1 Å². The average Bonchev–Trinajstić information content (AvgIpc) is 1.73. The highest BCUT2D eigenvalue weighted by Gasteiger charge is 2.38. The summed E-state index contributed by atoms with van der Waals surface area (Å²) in [4.78, 5) is 81.3. The lowest BCUT2D eigenvalue weighted by Gasteiger charge is -2.45. The number of likely N-dealkylation sites (tertiary alicyclic amines) is 1. The molecule has 720 valence electrons. The predicted molar refractivity (Wildman–Crippen MR) is 515 cm³/mol. The largest absolute Gasteiger partial charge is 0.370 e. The summed E-state index contributed by atoms with van der Waals surface area (Å²) in [6, 6.07) is 26.0. The molecule has 0 spiro atoms. The summed E-state index contributed by atoms with van der Waals surface area (Å²) in [5.41, 5.74) is 8.72. The van der Waals surface area contributed by atoms with E-state index in [1.165, 1.54) is 118 Å². The van der Waals surface area contributed by atoms with Crippen LogP contribution in [0.1, 0.15) is 114 Å². The minimum atomic E-state index is -3.47. The molecular formula is C86H120Cl4FN25O12S4. The molecule has 4 amide bonds. The lowest BCUT2D eigenvalue weighted by atomic mass is 9.87.